The largest absolute Gasteiger partial charge is 0.466 e. The summed E-state index contributed by atoms with van der Waals surface area (Å²) in [6.07, 6.45) is 9.57. The van der Waals surface area contributed by atoms with Crippen molar-refractivity contribution in [2.24, 2.45) is 11.8 Å². The molecule has 0 aliphatic heterocycles. The lowest BCUT2D eigenvalue weighted by atomic mass is 9.89. The van der Waals surface area contributed by atoms with E-state index in [4.69, 9.17) is 4.74 Å². The van der Waals surface area contributed by atoms with E-state index in [1.54, 1.807) is 0 Å². The minimum atomic E-state index is -0.109. The Morgan fingerprint density at radius 1 is 1.05 bits per heavy atom. The van der Waals surface area contributed by atoms with E-state index in [0.29, 0.717) is 37.6 Å². The van der Waals surface area contributed by atoms with Crippen LogP contribution in [0.25, 0.3) is 0 Å². The number of carbonyl (C=O) groups is 2. The molecule has 0 aromatic carbocycles. The lowest BCUT2D eigenvalue weighted by Crippen LogP contribution is -2.16. The van der Waals surface area contributed by atoms with Gasteiger partial charge >= 0.3 is 5.97 Å². The van der Waals surface area contributed by atoms with Gasteiger partial charge in [-0.2, -0.15) is 0 Å². The molecular formula is C17H30O3. The van der Waals surface area contributed by atoms with Crippen molar-refractivity contribution in [1.29, 1.82) is 0 Å². The number of hydrogen-bond acceptors (Lipinski definition) is 3. The number of unbranched alkanes of at least 4 members (excludes halogenated alkanes) is 4. The molecule has 1 aliphatic rings. The maximum absolute atomic E-state index is 11.8. The van der Waals surface area contributed by atoms with E-state index in [1.807, 2.05) is 0 Å². The van der Waals surface area contributed by atoms with Gasteiger partial charge in [0.1, 0.15) is 5.78 Å². The van der Waals surface area contributed by atoms with E-state index in [9.17, 15) is 9.59 Å². The lowest BCUT2D eigenvalue weighted by molar-refractivity contribution is -0.145. The Morgan fingerprint density at radius 3 is 2.45 bits per heavy atom. The second-order valence-corrected chi connectivity index (χ2v) is 6.09. The minimum Gasteiger partial charge on any atom is -0.466 e. The van der Waals surface area contributed by atoms with Crippen LogP contribution in [-0.2, 0) is 14.3 Å². The summed E-state index contributed by atoms with van der Waals surface area (Å²) in [5.74, 6) is 0.863. The summed E-state index contributed by atoms with van der Waals surface area (Å²) in [5, 5.41) is 0. The van der Waals surface area contributed by atoms with E-state index in [1.165, 1.54) is 12.8 Å². The van der Waals surface area contributed by atoms with Gasteiger partial charge in [0.15, 0.2) is 0 Å². The Hall–Kier alpha value is -0.860. The van der Waals surface area contributed by atoms with Crippen LogP contribution in [0.15, 0.2) is 0 Å². The topological polar surface area (TPSA) is 43.4 Å². The Morgan fingerprint density at radius 2 is 1.75 bits per heavy atom. The zero-order valence-electron chi connectivity index (χ0n) is 13.2. The Balaban J connectivity index is 2.23. The third-order valence-electron chi connectivity index (χ3n) is 4.26. The van der Waals surface area contributed by atoms with Crippen LogP contribution >= 0.6 is 0 Å². The summed E-state index contributed by atoms with van der Waals surface area (Å²) in [6.45, 7) is 4.87. The Kier molecular flexibility index (Phi) is 8.56. The number of rotatable bonds is 10. The SMILES string of the molecule is CCCCCCOC(=O)CC1CC(=O)CC1CCCC. The van der Waals surface area contributed by atoms with Crippen LogP contribution in [0.4, 0.5) is 0 Å². The highest BCUT2D eigenvalue weighted by molar-refractivity contribution is 5.82. The van der Waals surface area contributed by atoms with Gasteiger partial charge in [-0.05, 0) is 24.7 Å². The van der Waals surface area contributed by atoms with Gasteiger partial charge in [-0.25, -0.2) is 0 Å². The second kappa shape index (κ2) is 9.95. The van der Waals surface area contributed by atoms with Crippen LogP contribution in [0.2, 0.25) is 0 Å². The summed E-state index contributed by atoms with van der Waals surface area (Å²) >= 11 is 0. The molecule has 0 N–H and O–H groups in total. The van der Waals surface area contributed by atoms with E-state index in [0.717, 1.165) is 32.1 Å². The molecule has 0 amide bonds. The number of ketones is 1. The average molecular weight is 282 g/mol. The van der Waals surface area contributed by atoms with Crippen LogP contribution in [0.1, 0.15) is 78.1 Å². The summed E-state index contributed by atoms with van der Waals surface area (Å²) < 4.78 is 5.29. The minimum absolute atomic E-state index is 0.109. The highest BCUT2D eigenvalue weighted by Crippen LogP contribution is 2.35. The third kappa shape index (κ3) is 6.53. The summed E-state index contributed by atoms with van der Waals surface area (Å²) in [5.41, 5.74) is 0. The van der Waals surface area contributed by atoms with Crippen molar-refractivity contribution in [3.63, 3.8) is 0 Å². The summed E-state index contributed by atoms with van der Waals surface area (Å²) in [6, 6.07) is 0. The fourth-order valence-corrected chi connectivity index (χ4v) is 3.03. The van der Waals surface area contributed by atoms with E-state index < -0.39 is 0 Å². The van der Waals surface area contributed by atoms with Gasteiger partial charge in [0.25, 0.3) is 0 Å². The molecule has 0 aromatic rings. The maximum atomic E-state index is 11.8. The number of hydrogen-bond donors (Lipinski definition) is 0. The van der Waals surface area contributed by atoms with Crippen molar-refractivity contribution in [2.75, 3.05) is 6.61 Å². The molecule has 0 heterocycles. The van der Waals surface area contributed by atoms with Crippen LogP contribution in [0, 0.1) is 11.8 Å². The predicted octanol–water partition coefficient (Wildman–Crippen LogP) is 4.29. The maximum Gasteiger partial charge on any atom is 0.306 e. The van der Waals surface area contributed by atoms with Crippen molar-refractivity contribution in [2.45, 2.75) is 78.1 Å². The van der Waals surface area contributed by atoms with Gasteiger partial charge in [0.2, 0.25) is 0 Å². The molecule has 2 atom stereocenters. The summed E-state index contributed by atoms with van der Waals surface area (Å²) in [4.78, 5) is 23.4. The lowest BCUT2D eigenvalue weighted by Gasteiger charge is -2.17. The van der Waals surface area contributed by atoms with Crippen molar-refractivity contribution in [1.82, 2.24) is 0 Å². The van der Waals surface area contributed by atoms with Gasteiger partial charge < -0.3 is 4.74 Å². The first-order chi connectivity index (χ1) is 9.67. The molecule has 116 valence electrons. The highest BCUT2D eigenvalue weighted by atomic mass is 16.5. The first-order valence-corrected chi connectivity index (χ1v) is 8.34. The first-order valence-electron chi connectivity index (χ1n) is 8.34. The van der Waals surface area contributed by atoms with Gasteiger partial charge in [0, 0.05) is 19.3 Å². The number of Topliss-reactive ketones (excluding diaryl/α,β-unsaturated/α-hetero) is 1. The molecule has 0 spiro atoms. The highest BCUT2D eigenvalue weighted by Gasteiger charge is 2.33. The van der Waals surface area contributed by atoms with Gasteiger partial charge in [0.05, 0.1) is 6.61 Å². The number of carbonyl (C=O) groups excluding carboxylic acids is 2. The summed E-state index contributed by atoms with van der Waals surface area (Å²) in [7, 11) is 0. The molecule has 0 bridgehead atoms. The predicted molar refractivity (Wildman–Crippen MR) is 80.5 cm³/mol. The molecule has 20 heavy (non-hydrogen) atoms. The second-order valence-electron chi connectivity index (χ2n) is 6.09. The average Bonchev–Trinajstić information content (AvgIpc) is 2.76. The smallest absolute Gasteiger partial charge is 0.306 e. The quantitative estimate of drug-likeness (QED) is 0.443. The molecule has 0 saturated heterocycles. The van der Waals surface area contributed by atoms with E-state index in [-0.39, 0.29) is 11.9 Å². The normalized spacial score (nSPS) is 22.2. The fraction of sp³-hybridized carbons (Fsp3) is 0.882. The molecule has 3 heteroatoms. The molecular weight excluding hydrogens is 252 g/mol. The van der Waals surface area contributed by atoms with E-state index >= 15 is 0 Å². The molecule has 1 fully saturated rings. The molecule has 1 saturated carbocycles. The van der Waals surface area contributed by atoms with Crippen molar-refractivity contribution in [3.8, 4) is 0 Å². The zero-order valence-corrected chi connectivity index (χ0v) is 13.2. The van der Waals surface area contributed by atoms with Crippen LogP contribution in [-0.4, -0.2) is 18.4 Å². The molecule has 1 aliphatic carbocycles. The van der Waals surface area contributed by atoms with Crippen molar-refractivity contribution < 1.29 is 14.3 Å². The van der Waals surface area contributed by atoms with Gasteiger partial charge in [-0.3, -0.25) is 9.59 Å². The first kappa shape index (κ1) is 17.2. The van der Waals surface area contributed by atoms with Crippen LogP contribution < -0.4 is 0 Å². The van der Waals surface area contributed by atoms with Crippen molar-refractivity contribution in [3.05, 3.63) is 0 Å². The monoisotopic (exact) mass is 282 g/mol. The third-order valence-corrected chi connectivity index (χ3v) is 4.26. The molecule has 2 unspecified atom stereocenters. The number of esters is 1. The standard InChI is InChI=1S/C17H30O3/c1-3-5-7-8-10-20-17(19)13-15-12-16(18)11-14(15)9-6-4-2/h14-15H,3-13H2,1-2H3. The molecule has 0 radical (unpaired) electrons. The molecule has 0 aromatic heterocycles. The molecule has 3 nitrogen and oxygen atoms in total. The fourth-order valence-electron chi connectivity index (χ4n) is 3.03. The van der Waals surface area contributed by atoms with Gasteiger partial charge in [-0.1, -0.05) is 46.0 Å². The van der Waals surface area contributed by atoms with Crippen LogP contribution in [0.5, 0.6) is 0 Å². The Bertz CT molecular complexity index is 299. The number of ether oxygens (including phenoxy) is 1. The zero-order chi connectivity index (χ0) is 14.8. The van der Waals surface area contributed by atoms with E-state index in [2.05, 4.69) is 13.8 Å². The molecule has 1 rings (SSSR count). The Labute approximate surface area is 123 Å². The van der Waals surface area contributed by atoms with Crippen LogP contribution in [0.3, 0.4) is 0 Å². The van der Waals surface area contributed by atoms with Crippen molar-refractivity contribution >= 4 is 11.8 Å². The van der Waals surface area contributed by atoms with Gasteiger partial charge in [-0.15, -0.1) is 0 Å².